The van der Waals surface area contributed by atoms with Gasteiger partial charge < -0.3 is 10.1 Å². The number of hydrogen-bond donors (Lipinski definition) is 1. The van der Waals surface area contributed by atoms with Crippen LogP contribution in [0.3, 0.4) is 0 Å². The molecule has 0 saturated carbocycles. The maximum Gasteiger partial charge on any atom is 0.183 e. The summed E-state index contributed by atoms with van der Waals surface area (Å²) >= 11 is 0. The Kier molecular flexibility index (Phi) is 4.74. The zero-order chi connectivity index (χ0) is 17.8. The minimum Gasteiger partial charge on any atom is -0.497 e. The van der Waals surface area contributed by atoms with Gasteiger partial charge in [-0.2, -0.15) is 4.68 Å². The predicted octanol–water partition coefficient (Wildman–Crippen LogP) is 3.23. The summed E-state index contributed by atoms with van der Waals surface area (Å²) in [4.78, 5) is 11.8. The van der Waals surface area contributed by atoms with Gasteiger partial charge in [-0.1, -0.05) is 17.3 Å². The van der Waals surface area contributed by atoms with E-state index in [0.717, 1.165) is 17.0 Å². The van der Waals surface area contributed by atoms with Gasteiger partial charge in [0.1, 0.15) is 11.6 Å². The number of carbonyl (C=O) groups is 1. The number of halogens is 1. The molecule has 1 heterocycles. The first-order valence-electron chi connectivity index (χ1n) is 7.68. The van der Waals surface area contributed by atoms with E-state index in [1.165, 1.54) is 19.1 Å². The molecular weight excluding hydrogens is 323 g/mol. The van der Waals surface area contributed by atoms with Crippen LogP contribution < -0.4 is 10.1 Å². The second-order valence-corrected chi connectivity index (χ2v) is 5.43. The number of rotatable bonds is 6. The molecule has 0 spiro atoms. The first kappa shape index (κ1) is 16.6. The molecule has 1 N–H and O–H groups in total. The van der Waals surface area contributed by atoms with Gasteiger partial charge in [0.25, 0.3) is 0 Å². The average Bonchev–Trinajstić information content (AvgIpc) is 3.05. The summed E-state index contributed by atoms with van der Waals surface area (Å²) in [5.41, 5.74) is 1.86. The topological polar surface area (TPSA) is 69.0 Å². The van der Waals surface area contributed by atoms with Crippen LogP contribution in [0.5, 0.6) is 5.75 Å². The van der Waals surface area contributed by atoms with Crippen molar-refractivity contribution in [2.45, 2.75) is 13.5 Å². The Morgan fingerprint density at radius 3 is 2.44 bits per heavy atom. The number of nitrogens with one attached hydrogen (secondary N) is 1. The lowest BCUT2D eigenvalue weighted by Gasteiger charge is -2.10. The molecule has 6 nitrogen and oxygen atoms in total. The molecule has 2 aromatic carbocycles. The van der Waals surface area contributed by atoms with Gasteiger partial charge in [-0.05, 0) is 42.0 Å². The van der Waals surface area contributed by atoms with E-state index in [2.05, 4.69) is 15.6 Å². The van der Waals surface area contributed by atoms with Gasteiger partial charge in [-0.3, -0.25) is 4.79 Å². The fourth-order valence-corrected chi connectivity index (χ4v) is 2.37. The number of anilines is 1. The normalized spacial score (nSPS) is 10.5. The zero-order valence-electron chi connectivity index (χ0n) is 13.9. The van der Waals surface area contributed by atoms with E-state index in [0.29, 0.717) is 12.4 Å². The molecule has 0 aliphatic rings. The lowest BCUT2D eigenvalue weighted by atomic mass is 10.2. The second-order valence-electron chi connectivity index (χ2n) is 5.43. The fraction of sp³-hybridized carbons (Fsp3) is 0.167. The number of hydrogen-bond acceptors (Lipinski definition) is 5. The molecular formula is C18H17FN4O2. The fourth-order valence-electron chi connectivity index (χ4n) is 2.37. The highest BCUT2D eigenvalue weighted by atomic mass is 19.1. The third-order valence-electron chi connectivity index (χ3n) is 3.69. The smallest absolute Gasteiger partial charge is 0.183 e. The van der Waals surface area contributed by atoms with E-state index in [-0.39, 0.29) is 17.3 Å². The molecule has 0 aliphatic carbocycles. The van der Waals surface area contributed by atoms with Crippen LogP contribution in [0.25, 0.3) is 5.69 Å². The van der Waals surface area contributed by atoms with Crippen LogP contribution in [0.2, 0.25) is 0 Å². The van der Waals surface area contributed by atoms with Crippen molar-refractivity contribution < 1.29 is 13.9 Å². The highest BCUT2D eigenvalue weighted by molar-refractivity contribution is 5.96. The maximum atomic E-state index is 13.0. The van der Waals surface area contributed by atoms with E-state index >= 15 is 0 Å². The van der Waals surface area contributed by atoms with Gasteiger partial charge in [0.05, 0.1) is 12.8 Å². The number of Topliss-reactive ketones (excluding diaryl/α,β-unsaturated/α-hetero) is 1. The van der Waals surface area contributed by atoms with Crippen molar-refractivity contribution in [2.24, 2.45) is 0 Å². The van der Waals surface area contributed by atoms with E-state index in [1.807, 2.05) is 12.1 Å². The molecule has 0 saturated heterocycles. The molecule has 3 rings (SSSR count). The van der Waals surface area contributed by atoms with Crippen molar-refractivity contribution in [1.82, 2.24) is 15.0 Å². The summed E-state index contributed by atoms with van der Waals surface area (Å²) in [6.45, 7) is 1.84. The molecule has 128 valence electrons. The van der Waals surface area contributed by atoms with Gasteiger partial charge in [0.15, 0.2) is 17.3 Å². The Hall–Kier alpha value is -3.22. The highest BCUT2D eigenvalue weighted by Crippen LogP contribution is 2.21. The monoisotopic (exact) mass is 340 g/mol. The minimum absolute atomic E-state index is 0.193. The molecule has 0 amide bonds. The van der Waals surface area contributed by atoms with E-state index in [4.69, 9.17) is 4.74 Å². The van der Waals surface area contributed by atoms with Crippen LogP contribution in [0, 0.1) is 5.82 Å². The zero-order valence-corrected chi connectivity index (χ0v) is 13.9. The lowest BCUT2D eigenvalue weighted by molar-refractivity contribution is 0.101. The van der Waals surface area contributed by atoms with E-state index < -0.39 is 0 Å². The standard InChI is InChI=1S/C18H17FN4O2/c1-12(24)17-18(20-11-13-3-5-14(19)6-4-13)23(22-21-17)15-7-9-16(25-2)10-8-15/h3-10,20H,11H2,1-2H3. The van der Waals surface area contributed by atoms with Gasteiger partial charge in [0.2, 0.25) is 0 Å². The summed E-state index contributed by atoms with van der Waals surface area (Å²) in [5, 5.41) is 11.2. The number of carbonyl (C=O) groups excluding carboxylic acids is 1. The van der Waals surface area contributed by atoms with Crippen LogP contribution in [0.15, 0.2) is 48.5 Å². The number of aromatic nitrogens is 3. The van der Waals surface area contributed by atoms with Crippen molar-refractivity contribution in [1.29, 1.82) is 0 Å². The summed E-state index contributed by atoms with van der Waals surface area (Å²) < 4.78 is 19.7. The quantitative estimate of drug-likeness (QED) is 0.698. The van der Waals surface area contributed by atoms with Crippen molar-refractivity contribution >= 4 is 11.6 Å². The van der Waals surface area contributed by atoms with Crippen LogP contribution in [0.1, 0.15) is 23.0 Å². The molecule has 0 aliphatic heterocycles. The average molecular weight is 340 g/mol. The van der Waals surface area contributed by atoms with E-state index in [9.17, 15) is 9.18 Å². The van der Waals surface area contributed by atoms with Gasteiger partial charge >= 0.3 is 0 Å². The first-order chi connectivity index (χ1) is 12.1. The summed E-state index contributed by atoms with van der Waals surface area (Å²) in [6.07, 6.45) is 0. The number of ether oxygens (including phenoxy) is 1. The molecule has 7 heteroatoms. The first-order valence-corrected chi connectivity index (χ1v) is 7.68. The largest absolute Gasteiger partial charge is 0.497 e. The van der Waals surface area contributed by atoms with Gasteiger partial charge in [0, 0.05) is 13.5 Å². The Labute approximate surface area is 144 Å². The van der Waals surface area contributed by atoms with Crippen molar-refractivity contribution in [2.75, 3.05) is 12.4 Å². The minimum atomic E-state index is -0.293. The van der Waals surface area contributed by atoms with Crippen molar-refractivity contribution in [3.63, 3.8) is 0 Å². The Bertz CT molecular complexity index is 873. The van der Waals surface area contributed by atoms with Crippen LogP contribution in [-0.2, 0) is 6.54 Å². The number of benzene rings is 2. The molecule has 0 unspecified atom stereocenters. The molecule has 0 radical (unpaired) electrons. The SMILES string of the molecule is COc1ccc(-n2nnc(C(C)=O)c2NCc2ccc(F)cc2)cc1. The second kappa shape index (κ2) is 7.12. The highest BCUT2D eigenvalue weighted by Gasteiger charge is 2.17. The molecule has 0 fully saturated rings. The third kappa shape index (κ3) is 3.65. The van der Waals surface area contributed by atoms with Gasteiger partial charge in [-0.15, -0.1) is 5.10 Å². The van der Waals surface area contributed by atoms with Crippen molar-refractivity contribution in [3.8, 4) is 11.4 Å². The van der Waals surface area contributed by atoms with Crippen LogP contribution in [0.4, 0.5) is 10.2 Å². The lowest BCUT2D eigenvalue weighted by Crippen LogP contribution is -2.09. The Balaban J connectivity index is 1.91. The van der Waals surface area contributed by atoms with Crippen LogP contribution in [-0.4, -0.2) is 27.9 Å². The molecule has 3 aromatic rings. The number of methoxy groups -OCH3 is 1. The third-order valence-corrected chi connectivity index (χ3v) is 3.69. The molecule has 0 bridgehead atoms. The molecule has 1 aromatic heterocycles. The number of nitrogens with zero attached hydrogens (tertiary/aromatic N) is 3. The van der Waals surface area contributed by atoms with Gasteiger partial charge in [-0.25, -0.2) is 4.39 Å². The summed E-state index contributed by atoms with van der Waals surface area (Å²) in [6, 6.07) is 13.4. The predicted molar refractivity (Wildman–Crippen MR) is 91.6 cm³/mol. The van der Waals surface area contributed by atoms with Crippen LogP contribution >= 0.6 is 0 Å². The molecule has 0 atom stereocenters. The summed E-state index contributed by atoms with van der Waals surface area (Å²) in [5.74, 6) is 0.720. The van der Waals surface area contributed by atoms with Crippen molar-refractivity contribution in [3.05, 3.63) is 65.6 Å². The van der Waals surface area contributed by atoms with E-state index in [1.54, 1.807) is 36.1 Å². The Morgan fingerprint density at radius 2 is 1.84 bits per heavy atom. The number of ketones is 1. The summed E-state index contributed by atoms with van der Waals surface area (Å²) in [7, 11) is 1.59. The molecule has 25 heavy (non-hydrogen) atoms. The maximum absolute atomic E-state index is 13.0. The Morgan fingerprint density at radius 1 is 1.16 bits per heavy atom.